The van der Waals surface area contributed by atoms with Crippen molar-refractivity contribution in [1.29, 1.82) is 0 Å². The van der Waals surface area contributed by atoms with Crippen LogP contribution in [0.4, 0.5) is 4.79 Å². The maximum Gasteiger partial charge on any atom is 0.408 e. The lowest BCUT2D eigenvalue weighted by atomic mass is 9.59. The summed E-state index contributed by atoms with van der Waals surface area (Å²) >= 11 is 3.44. The van der Waals surface area contributed by atoms with Gasteiger partial charge in [0, 0.05) is 11.0 Å². The molecule has 0 atom stereocenters. The first kappa shape index (κ1) is 19.3. The Balaban J connectivity index is 2.37. The molecule has 1 aromatic carbocycles. The first-order valence-electron chi connectivity index (χ1n) is 8.72. The quantitative estimate of drug-likeness (QED) is 0.650. The SMILES string of the molecule is CC1(C)CCC(N(Cc2ccc(Br)cc2)C(=O)O)(C(C)(C)C)CC1. The van der Waals surface area contributed by atoms with Crippen molar-refractivity contribution in [2.24, 2.45) is 10.8 Å². The van der Waals surface area contributed by atoms with Gasteiger partial charge in [-0.05, 0) is 54.2 Å². The second-order valence-electron chi connectivity index (χ2n) is 8.94. The average Bonchev–Trinajstić information content (AvgIpc) is 2.46. The molecule has 1 aromatic rings. The van der Waals surface area contributed by atoms with Gasteiger partial charge in [-0.2, -0.15) is 0 Å². The average molecular weight is 396 g/mol. The van der Waals surface area contributed by atoms with Crippen molar-refractivity contribution in [3.63, 3.8) is 0 Å². The van der Waals surface area contributed by atoms with Crippen molar-refractivity contribution < 1.29 is 9.90 Å². The standard InChI is InChI=1S/C20H30BrNO2/c1-18(2,3)20(12-10-19(4,5)11-13-20)22(17(23)24)14-15-6-8-16(21)9-7-15/h6-9H,10-14H2,1-5H3,(H,23,24). The molecule has 0 unspecified atom stereocenters. The summed E-state index contributed by atoms with van der Waals surface area (Å²) in [4.78, 5) is 13.9. The minimum Gasteiger partial charge on any atom is -0.465 e. The lowest BCUT2D eigenvalue weighted by molar-refractivity contribution is -0.0500. The number of hydrogen-bond donors (Lipinski definition) is 1. The van der Waals surface area contributed by atoms with Crippen molar-refractivity contribution in [2.45, 2.75) is 72.4 Å². The summed E-state index contributed by atoms with van der Waals surface area (Å²) in [5.74, 6) is 0. The molecule has 0 saturated heterocycles. The van der Waals surface area contributed by atoms with Crippen LogP contribution in [0.2, 0.25) is 0 Å². The minimum atomic E-state index is -0.812. The molecule has 1 aliphatic rings. The van der Waals surface area contributed by atoms with Gasteiger partial charge in [-0.3, -0.25) is 4.90 Å². The zero-order chi connectivity index (χ0) is 18.2. The minimum absolute atomic E-state index is 0.0999. The van der Waals surface area contributed by atoms with Crippen molar-refractivity contribution in [3.05, 3.63) is 34.3 Å². The highest BCUT2D eigenvalue weighted by atomic mass is 79.9. The number of amides is 1. The summed E-state index contributed by atoms with van der Waals surface area (Å²) in [7, 11) is 0. The van der Waals surface area contributed by atoms with Crippen LogP contribution in [0.25, 0.3) is 0 Å². The molecule has 4 heteroatoms. The highest BCUT2D eigenvalue weighted by Crippen LogP contribution is 2.51. The Labute approximate surface area is 154 Å². The molecule has 0 spiro atoms. The number of carboxylic acid groups (broad SMARTS) is 1. The van der Waals surface area contributed by atoms with Gasteiger partial charge in [0.15, 0.2) is 0 Å². The predicted molar refractivity (Wildman–Crippen MR) is 102 cm³/mol. The van der Waals surface area contributed by atoms with E-state index in [-0.39, 0.29) is 11.0 Å². The molecular weight excluding hydrogens is 366 g/mol. The van der Waals surface area contributed by atoms with Gasteiger partial charge in [-0.25, -0.2) is 4.79 Å². The largest absolute Gasteiger partial charge is 0.465 e. The van der Waals surface area contributed by atoms with Gasteiger partial charge in [0.1, 0.15) is 0 Å². The Bertz CT molecular complexity index is 577. The summed E-state index contributed by atoms with van der Waals surface area (Å²) in [5.41, 5.74) is 0.920. The molecule has 2 rings (SSSR count). The van der Waals surface area contributed by atoms with E-state index in [2.05, 4.69) is 50.5 Å². The topological polar surface area (TPSA) is 40.5 Å². The first-order valence-corrected chi connectivity index (χ1v) is 9.51. The zero-order valence-corrected chi connectivity index (χ0v) is 17.1. The molecule has 1 saturated carbocycles. The fourth-order valence-electron chi connectivity index (χ4n) is 3.94. The normalized spacial score (nSPS) is 19.8. The van der Waals surface area contributed by atoms with Gasteiger partial charge in [-0.15, -0.1) is 0 Å². The Morgan fingerprint density at radius 2 is 1.62 bits per heavy atom. The van der Waals surface area contributed by atoms with E-state index in [9.17, 15) is 9.90 Å². The van der Waals surface area contributed by atoms with Gasteiger partial charge in [0.25, 0.3) is 0 Å². The number of carbonyl (C=O) groups is 1. The molecule has 134 valence electrons. The Morgan fingerprint density at radius 1 is 1.12 bits per heavy atom. The number of hydrogen-bond acceptors (Lipinski definition) is 1. The summed E-state index contributed by atoms with van der Waals surface area (Å²) in [6, 6.07) is 7.96. The maximum absolute atomic E-state index is 12.2. The number of rotatable bonds is 3. The van der Waals surface area contributed by atoms with Crippen molar-refractivity contribution in [3.8, 4) is 0 Å². The summed E-state index contributed by atoms with van der Waals surface area (Å²) in [6.07, 6.45) is 3.16. The van der Waals surface area contributed by atoms with E-state index in [1.165, 1.54) is 0 Å². The van der Waals surface area contributed by atoms with Crippen molar-refractivity contribution in [2.75, 3.05) is 0 Å². The Hall–Kier alpha value is -1.03. The number of halogens is 1. The third-order valence-electron chi connectivity index (χ3n) is 5.83. The van der Waals surface area contributed by atoms with E-state index in [1.807, 2.05) is 24.3 Å². The highest BCUT2D eigenvalue weighted by molar-refractivity contribution is 9.10. The van der Waals surface area contributed by atoms with Gasteiger partial charge in [-0.1, -0.05) is 62.7 Å². The van der Waals surface area contributed by atoms with Crippen LogP contribution in [-0.2, 0) is 6.54 Å². The second-order valence-corrected chi connectivity index (χ2v) is 9.86. The van der Waals surface area contributed by atoms with Crippen LogP contribution in [0, 0.1) is 10.8 Å². The molecule has 0 heterocycles. The van der Waals surface area contributed by atoms with Gasteiger partial charge in [0.2, 0.25) is 0 Å². The van der Waals surface area contributed by atoms with Crippen LogP contribution in [0.1, 0.15) is 65.9 Å². The third kappa shape index (κ3) is 3.96. The molecule has 1 fully saturated rings. The van der Waals surface area contributed by atoms with E-state index in [0.29, 0.717) is 12.0 Å². The molecule has 1 N–H and O–H groups in total. The van der Waals surface area contributed by atoms with Crippen LogP contribution >= 0.6 is 15.9 Å². The van der Waals surface area contributed by atoms with Crippen LogP contribution in [-0.4, -0.2) is 21.6 Å². The fourth-order valence-corrected chi connectivity index (χ4v) is 4.20. The lowest BCUT2D eigenvalue weighted by Crippen LogP contribution is -2.60. The first-order chi connectivity index (χ1) is 11.0. The molecule has 0 bridgehead atoms. The summed E-state index contributed by atoms with van der Waals surface area (Å²) in [5, 5.41) is 10.0. The summed E-state index contributed by atoms with van der Waals surface area (Å²) < 4.78 is 1.01. The van der Waals surface area contributed by atoms with E-state index in [1.54, 1.807) is 4.90 Å². The predicted octanol–water partition coefficient (Wildman–Crippen LogP) is 6.31. The molecule has 1 aliphatic carbocycles. The Morgan fingerprint density at radius 3 is 2.04 bits per heavy atom. The van der Waals surface area contributed by atoms with Crippen LogP contribution in [0.5, 0.6) is 0 Å². The molecule has 0 aromatic heterocycles. The second kappa shape index (κ2) is 6.70. The van der Waals surface area contributed by atoms with Gasteiger partial charge < -0.3 is 5.11 Å². The number of benzene rings is 1. The zero-order valence-electron chi connectivity index (χ0n) is 15.5. The lowest BCUT2D eigenvalue weighted by Gasteiger charge is -2.56. The van der Waals surface area contributed by atoms with Crippen LogP contribution < -0.4 is 0 Å². The van der Waals surface area contributed by atoms with Gasteiger partial charge in [0.05, 0.1) is 5.54 Å². The smallest absolute Gasteiger partial charge is 0.408 e. The van der Waals surface area contributed by atoms with E-state index < -0.39 is 6.09 Å². The molecule has 3 nitrogen and oxygen atoms in total. The van der Waals surface area contributed by atoms with E-state index in [0.717, 1.165) is 35.7 Å². The third-order valence-corrected chi connectivity index (χ3v) is 6.36. The van der Waals surface area contributed by atoms with E-state index in [4.69, 9.17) is 0 Å². The molecule has 0 radical (unpaired) electrons. The van der Waals surface area contributed by atoms with E-state index >= 15 is 0 Å². The van der Waals surface area contributed by atoms with Crippen molar-refractivity contribution in [1.82, 2.24) is 4.90 Å². The highest BCUT2D eigenvalue weighted by Gasteiger charge is 2.51. The fraction of sp³-hybridized carbons (Fsp3) is 0.650. The molecule has 0 aliphatic heterocycles. The van der Waals surface area contributed by atoms with Crippen LogP contribution in [0.15, 0.2) is 28.7 Å². The molecular formula is C20H30BrNO2. The van der Waals surface area contributed by atoms with Crippen LogP contribution in [0.3, 0.4) is 0 Å². The monoisotopic (exact) mass is 395 g/mol. The maximum atomic E-state index is 12.2. The Kier molecular flexibility index (Phi) is 5.39. The summed E-state index contributed by atoms with van der Waals surface area (Å²) in [6.45, 7) is 11.6. The molecule has 1 amide bonds. The molecule has 24 heavy (non-hydrogen) atoms. The van der Waals surface area contributed by atoms with Crippen molar-refractivity contribution >= 4 is 22.0 Å². The van der Waals surface area contributed by atoms with Gasteiger partial charge >= 0.3 is 6.09 Å². The number of nitrogens with zero attached hydrogens (tertiary/aromatic N) is 1.